The minimum Gasteiger partial charge on any atom is -0.478 e. The Morgan fingerprint density at radius 1 is 0.667 bits per heavy atom. The van der Waals surface area contributed by atoms with E-state index < -0.39 is 44.6 Å². The van der Waals surface area contributed by atoms with Crippen LogP contribution >= 0.6 is 0 Å². The molecule has 0 fully saturated rings. The molecular weight excluding hydrogens is 542 g/mol. The van der Waals surface area contributed by atoms with E-state index in [4.69, 9.17) is 0 Å². The van der Waals surface area contributed by atoms with Crippen LogP contribution < -0.4 is 0 Å². The number of rotatable bonds is 20. The SMILES string of the molecule is CCCCCCCCCCCCCCCCN(C(=O)c1ccccc1C(=O)O)C(=O)c1ccc([N+](=O)[O-])cc1[N+](=O)[O-]. The van der Waals surface area contributed by atoms with Crippen molar-refractivity contribution in [3.8, 4) is 0 Å². The van der Waals surface area contributed by atoms with Crippen LogP contribution in [0.3, 0.4) is 0 Å². The van der Waals surface area contributed by atoms with Gasteiger partial charge in [-0.05, 0) is 24.6 Å². The van der Waals surface area contributed by atoms with Gasteiger partial charge >= 0.3 is 5.97 Å². The number of carboxylic acid groups (broad SMARTS) is 1. The van der Waals surface area contributed by atoms with E-state index in [1.807, 2.05) is 0 Å². The molecule has 0 spiro atoms. The lowest BCUT2D eigenvalue weighted by Crippen LogP contribution is -2.38. The third kappa shape index (κ3) is 10.7. The van der Waals surface area contributed by atoms with Gasteiger partial charge in [-0.3, -0.25) is 34.7 Å². The van der Waals surface area contributed by atoms with Crippen molar-refractivity contribution < 1.29 is 29.3 Å². The molecule has 0 aliphatic heterocycles. The number of non-ortho nitro benzene ring substituents is 1. The lowest BCUT2D eigenvalue weighted by Gasteiger charge is -2.22. The Labute approximate surface area is 246 Å². The second kappa shape index (κ2) is 18.3. The van der Waals surface area contributed by atoms with Crippen LogP contribution in [0.5, 0.6) is 0 Å². The highest BCUT2D eigenvalue weighted by atomic mass is 16.6. The van der Waals surface area contributed by atoms with Crippen molar-refractivity contribution in [2.45, 2.75) is 96.8 Å². The lowest BCUT2D eigenvalue weighted by atomic mass is 10.0. The molecule has 0 aliphatic rings. The zero-order chi connectivity index (χ0) is 30.9. The van der Waals surface area contributed by atoms with Crippen LogP contribution in [0.1, 0.15) is 128 Å². The lowest BCUT2D eigenvalue weighted by molar-refractivity contribution is -0.394. The fraction of sp³-hybridized carbons (Fsp3) is 0.516. The number of amides is 2. The van der Waals surface area contributed by atoms with Crippen molar-refractivity contribution in [1.82, 2.24) is 4.90 Å². The molecule has 0 atom stereocenters. The number of nitro groups is 2. The van der Waals surface area contributed by atoms with Gasteiger partial charge in [0.05, 0.1) is 27.0 Å². The summed E-state index contributed by atoms with van der Waals surface area (Å²) in [7, 11) is 0. The number of nitro benzene ring substituents is 2. The number of carbonyl (C=O) groups is 3. The van der Waals surface area contributed by atoms with Crippen LogP contribution in [0.2, 0.25) is 0 Å². The molecule has 11 nitrogen and oxygen atoms in total. The van der Waals surface area contributed by atoms with E-state index >= 15 is 0 Å². The number of unbranched alkanes of at least 4 members (excludes halogenated alkanes) is 13. The average molecular weight is 584 g/mol. The molecule has 11 heteroatoms. The summed E-state index contributed by atoms with van der Waals surface area (Å²) in [6.07, 6.45) is 15.5. The number of hydrogen-bond acceptors (Lipinski definition) is 7. The predicted molar refractivity (Wildman–Crippen MR) is 159 cm³/mol. The van der Waals surface area contributed by atoms with E-state index in [0.29, 0.717) is 18.9 Å². The normalized spacial score (nSPS) is 10.8. The molecule has 0 bridgehead atoms. The van der Waals surface area contributed by atoms with Crippen molar-refractivity contribution in [2.24, 2.45) is 0 Å². The zero-order valence-corrected chi connectivity index (χ0v) is 24.3. The fourth-order valence-electron chi connectivity index (χ4n) is 4.87. The first-order valence-corrected chi connectivity index (χ1v) is 14.8. The summed E-state index contributed by atoms with van der Waals surface area (Å²) in [5.41, 5.74) is -2.40. The van der Waals surface area contributed by atoms with Crippen LogP contribution in [-0.4, -0.2) is 44.2 Å². The molecule has 42 heavy (non-hydrogen) atoms. The highest BCUT2D eigenvalue weighted by molar-refractivity contribution is 6.14. The summed E-state index contributed by atoms with van der Waals surface area (Å²) < 4.78 is 0. The van der Waals surface area contributed by atoms with Crippen molar-refractivity contribution in [2.75, 3.05) is 6.54 Å². The first kappa shape index (κ1) is 34.1. The maximum absolute atomic E-state index is 13.5. The van der Waals surface area contributed by atoms with E-state index in [1.165, 1.54) is 75.6 Å². The van der Waals surface area contributed by atoms with Crippen LogP contribution in [0.4, 0.5) is 11.4 Å². The molecule has 0 saturated heterocycles. The van der Waals surface area contributed by atoms with Gasteiger partial charge in [-0.15, -0.1) is 0 Å². The number of aromatic carboxylic acids is 1. The minimum atomic E-state index is -1.36. The highest BCUT2D eigenvalue weighted by Crippen LogP contribution is 2.27. The third-order valence-electron chi connectivity index (χ3n) is 7.23. The topological polar surface area (TPSA) is 161 Å². The number of nitrogens with zero attached hydrogens (tertiary/aromatic N) is 3. The van der Waals surface area contributed by atoms with Gasteiger partial charge in [0.15, 0.2) is 0 Å². The Kier molecular flexibility index (Phi) is 14.9. The molecule has 0 radical (unpaired) electrons. The van der Waals surface area contributed by atoms with Gasteiger partial charge in [0.25, 0.3) is 23.2 Å². The molecule has 2 rings (SSSR count). The standard InChI is InChI=1S/C31H41N3O8/c1-2-3-4-5-6-7-8-9-10-11-12-13-14-17-22-32(29(35)25-18-15-16-19-26(25)31(37)38)30(36)27-21-20-24(33(39)40)23-28(27)34(41)42/h15-16,18-21,23H,2-14,17,22H2,1H3,(H,37,38). The Hall–Kier alpha value is -4.15. The van der Waals surface area contributed by atoms with Crippen molar-refractivity contribution >= 4 is 29.2 Å². The van der Waals surface area contributed by atoms with E-state index in [0.717, 1.165) is 42.7 Å². The quantitative estimate of drug-likeness (QED) is 0.0710. The first-order valence-electron chi connectivity index (χ1n) is 14.8. The molecule has 0 saturated carbocycles. The van der Waals surface area contributed by atoms with E-state index in [-0.39, 0.29) is 17.7 Å². The van der Waals surface area contributed by atoms with Gasteiger partial charge in [0.1, 0.15) is 5.56 Å². The summed E-state index contributed by atoms with van der Waals surface area (Å²) in [4.78, 5) is 60.5. The maximum atomic E-state index is 13.5. The second-order valence-electron chi connectivity index (χ2n) is 10.4. The number of carbonyl (C=O) groups excluding carboxylic acids is 2. The van der Waals surface area contributed by atoms with Crippen LogP contribution in [0, 0.1) is 20.2 Å². The van der Waals surface area contributed by atoms with E-state index in [1.54, 1.807) is 0 Å². The number of benzene rings is 2. The molecule has 0 unspecified atom stereocenters. The largest absolute Gasteiger partial charge is 0.478 e. The smallest absolute Gasteiger partial charge is 0.336 e. The summed E-state index contributed by atoms with van der Waals surface area (Å²) in [6, 6.07) is 8.01. The molecule has 0 heterocycles. The molecule has 2 aromatic carbocycles. The highest BCUT2D eigenvalue weighted by Gasteiger charge is 2.32. The minimum absolute atomic E-state index is 0.0855. The third-order valence-corrected chi connectivity index (χ3v) is 7.23. The molecule has 1 N–H and O–H groups in total. The molecule has 0 aromatic heterocycles. The van der Waals surface area contributed by atoms with Crippen molar-refractivity contribution in [3.63, 3.8) is 0 Å². The monoisotopic (exact) mass is 583 g/mol. The van der Waals surface area contributed by atoms with Gasteiger partial charge in [-0.1, -0.05) is 103 Å². The Balaban J connectivity index is 2.03. The Bertz CT molecular complexity index is 1230. The molecule has 2 amide bonds. The average Bonchev–Trinajstić information content (AvgIpc) is 2.98. The molecule has 0 aliphatic carbocycles. The molecule has 2 aromatic rings. The Morgan fingerprint density at radius 3 is 1.62 bits per heavy atom. The van der Waals surface area contributed by atoms with Gasteiger partial charge in [-0.25, -0.2) is 4.79 Å². The fourth-order valence-corrected chi connectivity index (χ4v) is 4.87. The summed E-state index contributed by atoms with van der Waals surface area (Å²) >= 11 is 0. The Morgan fingerprint density at radius 2 is 1.14 bits per heavy atom. The summed E-state index contributed by atoms with van der Waals surface area (Å²) in [5, 5.41) is 32.3. The van der Waals surface area contributed by atoms with E-state index in [9.17, 15) is 39.7 Å². The van der Waals surface area contributed by atoms with Gasteiger partial charge in [0.2, 0.25) is 0 Å². The van der Waals surface area contributed by atoms with Gasteiger partial charge in [-0.2, -0.15) is 0 Å². The first-order chi connectivity index (χ1) is 20.2. The number of carboxylic acids is 1. The van der Waals surface area contributed by atoms with Crippen molar-refractivity contribution in [3.05, 3.63) is 79.4 Å². The maximum Gasteiger partial charge on any atom is 0.336 e. The summed E-state index contributed by atoms with van der Waals surface area (Å²) in [6.45, 7) is 2.13. The van der Waals surface area contributed by atoms with Crippen molar-refractivity contribution in [1.29, 1.82) is 0 Å². The van der Waals surface area contributed by atoms with E-state index in [2.05, 4.69) is 6.92 Å². The van der Waals surface area contributed by atoms with Crippen LogP contribution in [0.15, 0.2) is 42.5 Å². The molecular formula is C31H41N3O8. The number of imide groups is 1. The predicted octanol–water partition coefficient (Wildman–Crippen LogP) is 7.97. The zero-order valence-electron chi connectivity index (χ0n) is 24.3. The number of hydrogen-bond donors (Lipinski definition) is 1. The summed E-state index contributed by atoms with van der Waals surface area (Å²) in [5.74, 6) is -3.28. The molecule has 228 valence electrons. The van der Waals surface area contributed by atoms with Crippen LogP contribution in [-0.2, 0) is 0 Å². The van der Waals surface area contributed by atoms with Gasteiger partial charge in [0, 0.05) is 12.6 Å². The van der Waals surface area contributed by atoms with Crippen LogP contribution in [0.25, 0.3) is 0 Å². The second-order valence-corrected chi connectivity index (χ2v) is 10.4. The van der Waals surface area contributed by atoms with Gasteiger partial charge < -0.3 is 5.11 Å².